The van der Waals surface area contributed by atoms with Gasteiger partial charge in [-0.15, -0.1) is 0 Å². The highest BCUT2D eigenvalue weighted by Crippen LogP contribution is 2.30. The average molecular weight is 1140 g/mol. The molecule has 14 heteroatoms. The first-order chi connectivity index (χ1) is 39.1. The third-order valence-corrected chi connectivity index (χ3v) is 16.3. The third-order valence-electron chi connectivity index (χ3n) is 16.3. The molecule has 0 bridgehead atoms. The van der Waals surface area contributed by atoms with E-state index in [1.54, 1.807) is 6.08 Å². The van der Waals surface area contributed by atoms with Crippen LogP contribution in [0.15, 0.2) is 36.5 Å². The second-order valence-electron chi connectivity index (χ2n) is 23.6. The minimum atomic E-state index is -1.79. The molecule has 0 aromatic heterocycles. The Morgan fingerprint density at radius 2 is 0.800 bits per heavy atom. The van der Waals surface area contributed by atoms with Crippen LogP contribution in [0.2, 0.25) is 0 Å². The van der Waals surface area contributed by atoms with Crippen LogP contribution < -0.4 is 5.32 Å². The first-order valence-electron chi connectivity index (χ1n) is 33.2. The molecule has 80 heavy (non-hydrogen) atoms. The Morgan fingerprint density at radius 3 is 1.23 bits per heavy atom. The summed E-state index contributed by atoms with van der Waals surface area (Å²) in [6.07, 6.45) is 47.7. The average Bonchev–Trinajstić information content (AvgIpc) is 3.49. The molecule has 2 aliphatic heterocycles. The number of ether oxygens (including phenoxy) is 4. The monoisotopic (exact) mass is 1140 g/mol. The van der Waals surface area contributed by atoms with Crippen LogP contribution in [-0.4, -0.2) is 140 Å². The summed E-state index contributed by atoms with van der Waals surface area (Å²) in [4.78, 5) is 13.3. The number of aliphatic hydroxyl groups is 8. The zero-order chi connectivity index (χ0) is 58.1. The van der Waals surface area contributed by atoms with Crippen LogP contribution in [0.1, 0.15) is 284 Å². The molecular weight excluding hydrogens is 1010 g/mol. The van der Waals surface area contributed by atoms with Gasteiger partial charge in [0.25, 0.3) is 0 Å². The first kappa shape index (κ1) is 74.3. The first-order valence-corrected chi connectivity index (χ1v) is 33.2. The smallest absolute Gasteiger partial charge is 0.220 e. The molecule has 0 radical (unpaired) electrons. The Bertz CT molecular complexity index is 1480. The standard InChI is InChI=1S/C66H123NO13/c1-3-5-7-9-11-13-15-17-19-21-23-25-27-28-29-31-33-35-37-39-41-43-45-47-49-55(70)54(53-77-65-63(76)61(74)64(57(52-69)79-65)80-66-62(75)60(73)59(72)56(51-68)78-66)67-58(71)50-48-46-44-42-40-38-36-34-32-30-26-24-22-20-18-16-14-12-10-8-6-4-2/h31,33,39,41,47,49,54-57,59-66,68-70,72-76H,3-30,32,34-38,40,42-46,48,50-53H2,1-2H3,(H,67,71)/b33-31+,41-39+,49-47+. The third kappa shape index (κ3) is 36.1. The number of amides is 1. The summed E-state index contributed by atoms with van der Waals surface area (Å²) in [6.45, 7) is 2.82. The summed E-state index contributed by atoms with van der Waals surface area (Å²) in [5.41, 5.74) is 0. The molecule has 12 atom stereocenters. The predicted octanol–water partition coefficient (Wildman–Crippen LogP) is 12.6. The molecule has 1 amide bonds. The van der Waals surface area contributed by atoms with Crippen LogP contribution in [-0.2, 0) is 23.7 Å². The lowest BCUT2D eigenvalue weighted by Gasteiger charge is -2.46. The summed E-state index contributed by atoms with van der Waals surface area (Å²) in [5, 5.41) is 87.3. The summed E-state index contributed by atoms with van der Waals surface area (Å²) in [7, 11) is 0. The second-order valence-corrected chi connectivity index (χ2v) is 23.6. The minimum Gasteiger partial charge on any atom is -0.394 e. The van der Waals surface area contributed by atoms with Crippen LogP contribution in [0.4, 0.5) is 0 Å². The summed E-state index contributed by atoms with van der Waals surface area (Å²) < 4.78 is 22.8. The number of hydrogen-bond acceptors (Lipinski definition) is 13. The van der Waals surface area contributed by atoms with Gasteiger partial charge in [-0.3, -0.25) is 4.79 Å². The van der Waals surface area contributed by atoms with E-state index in [-0.39, 0.29) is 18.9 Å². The molecule has 2 saturated heterocycles. The molecule has 0 aromatic carbocycles. The van der Waals surface area contributed by atoms with E-state index in [1.165, 1.54) is 205 Å². The van der Waals surface area contributed by atoms with Crippen LogP contribution in [0.3, 0.4) is 0 Å². The van der Waals surface area contributed by atoms with E-state index in [9.17, 15) is 45.6 Å². The van der Waals surface area contributed by atoms with Crippen LogP contribution >= 0.6 is 0 Å². The van der Waals surface area contributed by atoms with Gasteiger partial charge in [0.05, 0.1) is 32.0 Å². The van der Waals surface area contributed by atoms with Gasteiger partial charge in [-0.05, 0) is 44.9 Å². The van der Waals surface area contributed by atoms with Gasteiger partial charge in [0.2, 0.25) is 5.91 Å². The van der Waals surface area contributed by atoms with Gasteiger partial charge in [0.1, 0.15) is 48.8 Å². The van der Waals surface area contributed by atoms with Gasteiger partial charge >= 0.3 is 0 Å². The van der Waals surface area contributed by atoms with Crippen molar-refractivity contribution in [1.82, 2.24) is 5.32 Å². The van der Waals surface area contributed by atoms with Crippen molar-refractivity contribution < 1.29 is 64.6 Å². The highest BCUT2D eigenvalue weighted by atomic mass is 16.7. The predicted molar refractivity (Wildman–Crippen MR) is 323 cm³/mol. The number of carbonyl (C=O) groups is 1. The van der Waals surface area contributed by atoms with Crippen molar-refractivity contribution in [2.24, 2.45) is 0 Å². The fourth-order valence-electron chi connectivity index (χ4n) is 11.0. The lowest BCUT2D eigenvalue weighted by molar-refractivity contribution is -0.359. The largest absolute Gasteiger partial charge is 0.394 e. The number of carbonyl (C=O) groups excluding carboxylic acids is 1. The molecule has 2 rings (SSSR count). The van der Waals surface area contributed by atoms with Crippen molar-refractivity contribution >= 4 is 5.91 Å². The van der Waals surface area contributed by atoms with Gasteiger partial charge in [-0.25, -0.2) is 0 Å². The maximum atomic E-state index is 13.3. The van der Waals surface area contributed by atoms with E-state index in [2.05, 4.69) is 43.5 Å². The van der Waals surface area contributed by atoms with E-state index < -0.39 is 86.8 Å². The Kier molecular flexibility index (Phi) is 47.9. The molecule has 0 aliphatic carbocycles. The lowest BCUT2D eigenvalue weighted by atomic mass is 9.97. The fourth-order valence-corrected chi connectivity index (χ4v) is 11.0. The van der Waals surface area contributed by atoms with Crippen molar-refractivity contribution in [2.75, 3.05) is 19.8 Å². The highest BCUT2D eigenvalue weighted by Gasteiger charge is 2.51. The van der Waals surface area contributed by atoms with E-state index in [0.717, 1.165) is 44.9 Å². The summed E-state index contributed by atoms with van der Waals surface area (Å²) in [6, 6.07) is -0.936. The number of unbranched alkanes of at least 4 members (excludes halogenated alkanes) is 37. The van der Waals surface area contributed by atoms with Crippen molar-refractivity contribution in [2.45, 2.75) is 357 Å². The van der Waals surface area contributed by atoms with Crippen LogP contribution in [0.5, 0.6) is 0 Å². The van der Waals surface area contributed by atoms with Gasteiger partial charge in [0.15, 0.2) is 12.6 Å². The Morgan fingerprint density at radius 1 is 0.438 bits per heavy atom. The Balaban J connectivity index is 1.74. The molecular formula is C66H123NO13. The molecule has 470 valence electrons. The van der Waals surface area contributed by atoms with Gasteiger partial charge in [-0.1, -0.05) is 269 Å². The SMILES string of the molecule is CCCCCCCCCCCCCCCC/C=C/CC/C=C/CC/C=C/C(O)C(COC1OC(CO)C(OC2OC(CO)C(O)C(O)C2O)C(O)C1O)NC(=O)CCCCCCCCCCCCCCCCCCCCCCCC. The molecule has 14 nitrogen and oxygen atoms in total. The molecule has 2 heterocycles. The molecule has 0 saturated carbocycles. The number of aliphatic hydroxyl groups excluding tert-OH is 8. The number of nitrogens with one attached hydrogen (secondary N) is 1. The van der Waals surface area contributed by atoms with Gasteiger partial charge < -0.3 is 65.1 Å². The molecule has 2 fully saturated rings. The zero-order valence-electron chi connectivity index (χ0n) is 50.8. The van der Waals surface area contributed by atoms with Crippen molar-refractivity contribution in [3.8, 4) is 0 Å². The van der Waals surface area contributed by atoms with Crippen molar-refractivity contribution in [3.05, 3.63) is 36.5 Å². The zero-order valence-corrected chi connectivity index (χ0v) is 50.8. The minimum absolute atomic E-state index is 0.248. The van der Waals surface area contributed by atoms with Crippen molar-refractivity contribution in [1.29, 1.82) is 0 Å². The lowest BCUT2D eigenvalue weighted by Crippen LogP contribution is -2.65. The van der Waals surface area contributed by atoms with Gasteiger partial charge in [0, 0.05) is 6.42 Å². The highest BCUT2D eigenvalue weighted by molar-refractivity contribution is 5.76. The summed E-state index contributed by atoms with van der Waals surface area (Å²) in [5.74, 6) is -0.248. The van der Waals surface area contributed by atoms with Gasteiger partial charge in [-0.2, -0.15) is 0 Å². The van der Waals surface area contributed by atoms with E-state index in [0.29, 0.717) is 12.8 Å². The maximum absolute atomic E-state index is 13.3. The van der Waals surface area contributed by atoms with E-state index >= 15 is 0 Å². The normalized spacial score (nSPS) is 24.4. The molecule has 12 unspecified atom stereocenters. The molecule has 0 aromatic rings. The maximum Gasteiger partial charge on any atom is 0.220 e. The number of rotatable bonds is 54. The number of hydrogen-bond donors (Lipinski definition) is 9. The molecule has 0 spiro atoms. The second kappa shape index (κ2) is 51.6. The fraction of sp³-hybridized carbons (Fsp3) is 0.894. The quantitative estimate of drug-likeness (QED) is 0.0204. The molecule has 2 aliphatic rings. The summed E-state index contributed by atoms with van der Waals surface area (Å²) >= 11 is 0. The van der Waals surface area contributed by atoms with Crippen LogP contribution in [0, 0.1) is 0 Å². The number of allylic oxidation sites excluding steroid dienone is 5. The molecule has 9 N–H and O–H groups in total. The Hall–Kier alpha value is -1.79. The van der Waals surface area contributed by atoms with Crippen LogP contribution in [0.25, 0.3) is 0 Å². The topological polar surface area (TPSA) is 228 Å². The Labute approximate surface area is 487 Å². The van der Waals surface area contributed by atoms with E-state index in [4.69, 9.17) is 18.9 Å². The van der Waals surface area contributed by atoms with Crippen molar-refractivity contribution in [3.63, 3.8) is 0 Å². The van der Waals surface area contributed by atoms with E-state index in [1.807, 2.05) is 6.08 Å².